The van der Waals surface area contributed by atoms with Gasteiger partial charge in [-0.25, -0.2) is 0 Å². The molecule has 0 bridgehead atoms. The third-order valence-corrected chi connectivity index (χ3v) is 6.33. The summed E-state index contributed by atoms with van der Waals surface area (Å²) in [6, 6.07) is 15.8. The number of hydrogen-bond acceptors (Lipinski definition) is 2. The summed E-state index contributed by atoms with van der Waals surface area (Å²) in [6.45, 7) is 0. The first-order valence-electron chi connectivity index (χ1n) is 8.71. The second-order valence-corrected chi connectivity index (χ2v) is 7.87. The van der Waals surface area contributed by atoms with E-state index in [1.165, 1.54) is 42.7 Å². The lowest BCUT2D eigenvalue weighted by molar-refractivity contribution is 0.605. The van der Waals surface area contributed by atoms with Crippen LogP contribution >= 0.6 is 22.6 Å². The number of benzene rings is 3. The van der Waals surface area contributed by atoms with Crippen molar-refractivity contribution >= 4 is 44.1 Å². The van der Waals surface area contributed by atoms with Crippen molar-refractivity contribution in [2.75, 3.05) is 0 Å². The molecule has 1 atom stereocenters. The summed E-state index contributed by atoms with van der Waals surface area (Å²) in [7, 11) is 0. The fraction of sp³-hybridized carbons (Fsp3) is 0.182. The van der Waals surface area contributed by atoms with Gasteiger partial charge in [0, 0.05) is 28.1 Å². The van der Waals surface area contributed by atoms with Crippen LogP contribution in [-0.2, 0) is 6.42 Å². The maximum absolute atomic E-state index is 4.58. The molecule has 1 unspecified atom stereocenters. The van der Waals surface area contributed by atoms with Gasteiger partial charge in [0.05, 0.1) is 5.69 Å². The topological polar surface area (TPSA) is 25.8 Å². The Bertz CT molecular complexity index is 1090. The Kier molecular flexibility index (Phi) is 3.70. The van der Waals surface area contributed by atoms with E-state index in [-0.39, 0.29) is 0 Å². The van der Waals surface area contributed by atoms with Crippen LogP contribution in [0.1, 0.15) is 35.6 Å². The van der Waals surface area contributed by atoms with Gasteiger partial charge in [-0.2, -0.15) is 0 Å². The SMILES string of the molecule is Ic1cccc2c1ccc1c3c(ccc12)C(c1cnccn1)CCC3. The van der Waals surface area contributed by atoms with Gasteiger partial charge in [-0.1, -0.05) is 36.4 Å². The normalized spacial score (nSPS) is 16.9. The standard InChI is InChI=1S/C22H17IN2/c23-21-6-2-4-15-17-7-8-18-14(16(17)9-10-19(15)21)3-1-5-20(18)22-13-24-11-12-25-22/h2,4,6-13,20H,1,3,5H2. The fourth-order valence-corrected chi connectivity index (χ4v) is 4.93. The van der Waals surface area contributed by atoms with E-state index in [4.69, 9.17) is 0 Å². The number of rotatable bonds is 1. The van der Waals surface area contributed by atoms with Crippen molar-refractivity contribution in [3.63, 3.8) is 0 Å². The van der Waals surface area contributed by atoms with Crippen molar-refractivity contribution in [1.29, 1.82) is 0 Å². The van der Waals surface area contributed by atoms with Crippen LogP contribution in [0.3, 0.4) is 0 Å². The highest BCUT2D eigenvalue weighted by Gasteiger charge is 2.24. The van der Waals surface area contributed by atoms with Crippen molar-refractivity contribution in [1.82, 2.24) is 9.97 Å². The van der Waals surface area contributed by atoms with Crippen molar-refractivity contribution < 1.29 is 0 Å². The fourth-order valence-electron chi connectivity index (χ4n) is 4.26. The van der Waals surface area contributed by atoms with E-state index in [0.29, 0.717) is 5.92 Å². The third-order valence-electron chi connectivity index (χ3n) is 5.39. The predicted molar refractivity (Wildman–Crippen MR) is 111 cm³/mol. The molecule has 122 valence electrons. The van der Waals surface area contributed by atoms with Gasteiger partial charge in [0.1, 0.15) is 0 Å². The van der Waals surface area contributed by atoms with E-state index in [0.717, 1.165) is 18.5 Å². The van der Waals surface area contributed by atoms with Gasteiger partial charge >= 0.3 is 0 Å². The largest absolute Gasteiger partial charge is 0.261 e. The van der Waals surface area contributed by atoms with Crippen molar-refractivity contribution in [3.8, 4) is 0 Å². The van der Waals surface area contributed by atoms with Crippen LogP contribution < -0.4 is 0 Å². The number of aryl methyl sites for hydroxylation is 1. The molecule has 3 heteroatoms. The van der Waals surface area contributed by atoms with Crippen molar-refractivity contribution in [2.45, 2.75) is 25.2 Å². The quantitative estimate of drug-likeness (QED) is 0.276. The smallest absolute Gasteiger partial charge is 0.0661 e. The molecule has 3 aromatic carbocycles. The lowest BCUT2D eigenvalue weighted by Gasteiger charge is -2.26. The molecule has 1 aliphatic rings. The van der Waals surface area contributed by atoms with Crippen molar-refractivity contribution in [3.05, 3.63) is 81.4 Å². The predicted octanol–water partition coefficient (Wildman–Crippen LogP) is 5.86. The van der Waals surface area contributed by atoms with Gasteiger partial charge in [0.25, 0.3) is 0 Å². The Labute approximate surface area is 160 Å². The van der Waals surface area contributed by atoms with Crippen LogP contribution in [0, 0.1) is 3.57 Å². The molecule has 0 spiro atoms. The Balaban J connectivity index is 1.77. The first-order chi connectivity index (χ1) is 12.3. The van der Waals surface area contributed by atoms with Crippen LogP contribution in [0.5, 0.6) is 0 Å². The molecule has 1 aliphatic carbocycles. The minimum absolute atomic E-state index is 0.369. The van der Waals surface area contributed by atoms with Crippen molar-refractivity contribution in [2.24, 2.45) is 0 Å². The molecule has 5 rings (SSSR count). The average molecular weight is 436 g/mol. The number of fused-ring (bicyclic) bond motifs is 5. The van der Waals surface area contributed by atoms with E-state index in [2.05, 4.69) is 75.0 Å². The molecule has 0 amide bonds. The van der Waals surface area contributed by atoms with Gasteiger partial charge in [-0.3, -0.25) is 9.97 Å². The zero-order valence-electron chi connectivity index (χ0n) is 13.7. The molecule has 1 aromatic heterocycles. The van der Waals surface area contributed by atoms with Crippen LogP contribution in [0.15, 0.2) is 61.1 Å². The highest BCUT2D eigenvalue weighted by atomic mass is 127. The molecule has 0 fully saturated rings. The third kappa shape index (κ3) is 2.44. The summed E-state index contributed by atoms with van der Waals surface area (Å²) < 4.78 is 1.31. The van der Waals surface area contributed by atoms with E-state index >= 15 is 0 Å². The molecule has 0 saturated carbocycles. The molecule has 2 nitrogen and oxygen atoms in total. The highest BCUT2D eigenvalue weighted by molar-refractivity contribution is 14.1. The summed E-state index contributed by atoms with van der Waals surface area (Å²) in [5.74, 6) is 0.369. The van der Waals surface area contributed by atoms with Gasteiger partial charge in [0.2, 0.25) is 0 Å². The average Bonchev–Trinajstić information content (AvgIpc) is 2.68. The van der Waals surface area contributed by atoms with Crippen LogP contribution in [0.25, 0.3) is 21.5 Å². The Hall–Kier alpha value is -2.01. The van der Waals surface area contributed by atoms with E-state index in [1.807, 2.05) is 6.20 Å². The van der Waals surface area contributed by atoms with Gasteiger partial charge in [0.15, 0.2) is 0 Å². The lowest BCUT2D eigenvalue weighted by atomic mass is 9.78. The summed E-state index contributed by atoms with van der Waals surface area (Å²) in [5.41, 5.74) is 4.03. The Morgan fingerprint density at radius 2 is 1.72 bits per heavy atom. The Morgan fingerprint density at radius 3 is 2.60 bits per heavy atom. The first kappa shape index (κ1) is 15.3. The van der Waals surface area contributed by atoms with Gasteiger partial charge in [-0.15, -0.1) is 0 Å². The number of halogens is 1. The van der Waals surface area contributed by atoms with E-state index in [9.17, 15) is 0 Å². The zero-order chi connectivity index (χ0) is 16.8. The minimum Gasteiger partial charge on any atom is -0.261 e. The van der Waals surface area contributed by atoms with Gasteiger partial charge < -0.3 is 0 Å². The molecule has 0 aliphatic heterocycles. The monoisotopic (exact) mass is 436 g/mol. The summed E-state index contributed by atoms with van der Waals surface area (Å²) in [5, 5.41) is 5.47. The van der Waals surface area contributed by atoms with E-state index in [1.54, 1.807) is 12.4 Å². The summed E-state index contributed by atoms with van der Waals surface area (Å²) in [6.07, 6.45) is 8.99. The first-order valence-corrected chi connectivity index (χ1v) is 9.79. The number of nitrogens with zero attached hydrogens (tertiary/aromatic N) is 2. The molecule has 4 aromatic rings. The molecule has 0 radical (unpaired) electrons. The molecular weight excluding hydrogens is 419 g/mol. The Morgan fingerprint density at radius 1 is 0.880 bits per heavy atom. The second kappa shape index (κ2) is 6.06. The number of aromatic nitrogens is 2. The van der Waals surface area contributed by atoms with Crippen LogP contribution in [0.4, 0.5) is 0 Å². The molecular formula is C22H17IN2. The van der Waals surface area contributed by atoms with Crippen LogP contribution in [-0.4, -0.2) is 9.97 Å². The summed E-state index contributed by atoms with van der Waals surface area (Å²) in [4.78, 5) is 8.86. The molecule has 0 saturated heterocycles. The maximum atomic E-state index is 4.58. The minimum atomic E-state index is 0.369. The lowest BCUT2D eigenvalue weighted by Crippen LogP contribution is -2.13. The number of hydrogen-bond donors (Lipinski definition) is 0. The summed E-state index contributed by atoms with van der Waals surface area (Å²) >= 11 is 2.43. The zero-order valence-corrected chi connectivity index (χ0v) is 15.9. The van der Waals surface area contributed by atoms with E-state index < -0.39 is 0 Å². The second-order valence-electron chi connectivity index (χ2n) is 6.70. The maximum Gasteiger partial charge on any atom is 0.0661 e. The molecule has 25 heavy (non-hydrogen) atoms. The molecule has 1 heterocycles. The van der Waals surface area contributed by atoms with Crippen LogP contribution in [0.2, 0.25) is 0 Å². The molecule has 0 N–H and O–H groups in total. The highest BCUT2D eigenvalue weighted by Crippen LogP contribution is 2.40. The van der Waals surface area contributed by atoms with Gasteiger partial charge in [-0.05, 0) is 80.6 Å².